The van der Waals surface area contributed by atoms with Crippen molar-refractivity contribution in [1.82, 2.24) is 4.98 Å². The van der Waals surface area contributed by atoms with E-state index in [0.717, 1.165) is 6.42 Å². The van der Waals surface area contributed by atoms with Gasteiger partial charge in [0.2, 0.25) is 0 Å². The highest BCUT2D eigenvalue weighted by Gasteiger charge is 2.44. The first-order valence-corrected chi connectivity index (χ1v) is 5.86. The van der Waals surface area contributed by atoms with Crippen molar-refractivity contribution in [2.45, 2.75) is 12.3 Å². The van der Waals surface area contributed by atoms with E-state index in [4.69, 9.17) is 0 Å². The zero-order valence-electron chi connectivity index (χ0n) is 9.41. The normalized spacial score (nSPS) is 22.1. The molecule has 2 nitrogen and oxygen atoms in total. The van der Waals surface area contributed by atoms with E-state index in [1.807, 2.05) is 30.3 Å². The molecular formula is C15H13NO. The number of rotatable bonds is 3. The van der Waals surface area contributed by atoms with Gasteiger partial charge in [0.15, 0.2) is 5.78 Å². The van der Waals surface area contributed by atoms with E-state index in [0.29, 0.717) is 11.6 Å². The second-order valence-corrected chi connectivity index (χ2v) is 4.44. The minimum Gasteiger partial charge on any atom is -0.292 e. The van der Waals surface area contributed by atoms with Crippen LogP contribution in [0, 0.1) is 5.92 Å². The van der Waals surface area contributed by atoms with Crippen LogP contribution in [0.1, 0.15) is 28.4 Å². The predicted octanol–water partition coefficient (Wildman–Crippen LogP) is 3.07. The molecule has 1 heterocycles. The highest BCUT2D eigenvalue weighted by Crippen LogP contribution is 2.48. The molecule has 0 N–H and O–H groups in total. The monoisotopic (exact) mass is 223 g/mol. The third kappa shape index (κ3) is 1.98. The van der Waals surface area contributed by atoms with Gasteiger partial charge in [-0.2, -0.15) is 0 Å². The van der Waals surface area contributed by atoms with Crippen LogP contribution in [0.3, 0.4) is 0 Å². The second-order valence-electron chi connectivity index (χ2n) is 4.44. The van der Waals surface area contributed by atoms with Gasteiger partial charge in [0, 0.05) is 12.1 Å². The molecule has 1 aliphatic rings. The molecule has 1 aliphatic carbocycles. The number of pyridine rings is 1. The summed E-state index contributed by atoms with van der Waals surface area (Å²) >= 11 is 0. The minimum atomic E-state index is 0.132. The number of carbonyl (C=O) groups excluding carboxylic acids is 1. The quantitative estimate of drug-likeness (QED) is 0.748. The first-order chi connectivity index (χ1) is 8.36. The molecule has 84 valence electrons. The van der Waals surface area contributed by atoms with Crippen LogP contribution in [-0.4, -0.2) is 10.8 Å². The van der Waals surface area contributed by atoms with Crippen molar-refractivity contribution in [3.63, 3.8) is 0 Å². The number of benzene rings is 1. The molecule has 2 aromatic rings. The summed E-state index contributed by atoms with van der Waals surface area (Å²) in [7, 11) is 0. The Kier molecular flexibility index (Phi) is 2.48. The first kappa shape index (κ1) is 10.2. The van der Waals surface area contributed by atoms with E-state index in [9.17, 15) is 4.79 Å². The second kappa shape index (κ2) is 4.13. The molecule has 0 spiro atoms. The molecule has 1 saturated carbocycles. The lowest BCUT2D eigenvalue weighted by atomic mass is 10.1. The minimum absolute atomic E-state index is 0.132. The van der Waals surface area contributed by atoms with Gasteiger partial charge in [0.05, 0.1) is 0 Å². The molecule has 1 aromatic carbocycles. The molecule has 17 heavy (non-hydrogen) atoms. The molecule has 0 bridgehead atoms. The zero-order chi connectivity index (χ0) is 11.7. The molecule has 1 fully saturated rings. The summed E-state index contributed by atoms with van der Waals surface area (Å²) in [4.78, 5) is 16.2. The van der Waals surface area contributed by atoms with Crippen molar-refractivity contribution in [3.8, 4) is 0 Å². The van der Waals surface area contributed by atoms with E-state index in [2.05, 4.69) is 17.1 Å². The predicted molar refractivity (Wildman–Crippen MR) is 65.9 cm³/mol. The van der Waals surface area contributed by atoms with Gasteiger partial charge in [-0.3, -0.25) is 9.78 Å². The molecule has 1 aromatic heterocycles. The van der Waals surface area contributed by atoms with E-state index in [1.165, 1.54) is 5.56 Å². The summed E-state index contributed by atoms with van der Waals surface area (Å²) in [6.45, 7) is 0. The molecule has 2 atom stereocenters. The number of hydrogen-bond acceptors (Lipinski definition) is 2. The summed E-state index contributed by atoms with van der Waals surface area (Å²) in [6, 6.07) is 15.7. The van der Waals surface area contributed by atoms with Gasteiger partial charge in [-0.05, 0) is 30.0 Å². The highest BCUT2D eigenvalue weighted by atomic mass is 16.1. The van der Waals surface area contributed by atoms with Crippen LogP contribution in [0.4, 0.5) is 0 Å². The van der Waals surface area contributed by atoms with Gasteiger partial charge in [-0.1, -0.05) is 36.4 Å². The average Bonchev–Trinajstić information content (AvgIpc) is 3.20. The summed E-state index contributed by atoms with van der Waals surface area (Å²) in [5.41, 5.74) is 1.86. The van der Waals surface area contributed by atoms with Crippen molar-refractivity contribution in [2.75, 3.05) is 0 Å². The Morgan fingerprint density at radius 2 is 1.82 bits per heavy atom. The largest absolute Gasteiger partial charge is 0.292 e. The molecule has 0 saturated heterocycles. The lowest BCUT2D eigenvalue weighted by molar-refractivity contribution is 0.0960. The molecule has 0 radical (unpaired) electrons. The molecule has 2 heteroatoms. The maximum Gasteiger partial charge on any atom is 0.184 e. The fourth-order valence-electron chi connectivity index (χ4n) is 2.25. The Balaban J connectivity index is 1.76. The Morgan fingerprint density at radius 1 is 1.06 bits per heavy atom. The molecular weight excluding hydrogens is 210 g/mol. The van der Waals surface area contributed by atoms with Crippen molar-refractivity contribution in [2.24, 2.45) is 5.92 Å². The maximum atomic E-state index is 12.1. The lowest BCUT2D eigenvalue weighted by Crippen LogP contribution is -2.05. The van der Waals surface area contributed by atoms with E-state index >= 15 is 0 Å². The Hall–Kier alpha value is -1.96. The lowest BCUT2D eigenvalue weighted by Gasteiger charge is -2.00. The van der Waals surface area contributed by atoms with Gasteiger partial charge in [-0.15, -0.1) is 0 Å². The number of carbonyl (C=O) groups is 1. The van der Waals surface area contributed by atoms with Crippen molar-refractivity contribution in [3.05, 3.63) is 66.0 Å². The van der Waals surface area contributed by atoms with Gasteiger partial charge in [-0.25, -0.2) is 0 Å². The van der Waals surface area contributed by atoms with Crippen molar-refractivity contribution >= 4 is 5.78 Å². The summed E-state index contributed by atoms with van der Waals surface area (Å²) in [5.74, 6) is 0.706. The number of ketones is 1. The number of hydrogen-bond donors (Lipinski definition) is 0. The number of Topliss-reactive ketones (excluding diaryl/α,β-unsaturated/α-hetero) is 1. The molecule has 0 amide bonds. The van der Waals surface area contributed by atoms with Gasteiger partial charge in [0.1, 0.15) is 5.69 Å². The summed E-state index contributed by atoms with van der Waals surface area (Å²) < 4.78 is 0. The summed E-state index contributed by atoms with van der Waals surface area (Å²) in [6.07, 6.45) is 2.63. The van der Waals surface area contributed by atoms with Crippen LogP contribution < -0.4 is 0 Å². The fraction of sp³-hybridized carbons (Fsp3) is 0.200. The van der Waals surface area contributed by atoms with Crippen LogP contribution in [-0.2, 0) is 0 Å². The van der Waals surface area contributed by atoms with E-state index in [-0.39, 0.29) is 11.7 Å². The van der Waals surface area contributed by atoms with Crippen molar-refractivity contribution < 1.29 is 4.79 Å². The number of nitrogens with zero attached hydrogens (tertiary/aromatic N) is 1. The average molecular weight is 223 g/mol. The third-order valence-electron chi connectivity index (χ3n) is 3.27. The zero-order valence-corrected chi connectivity index (χ0v) is 9.41. The molecule has 0 unspecified atom stereocenters. The number of aromatic nitrogens is 1. The van der Waals surface area contributed by atoms with Gasteiger partial charge in [0.25, 0.3) is 0 Å². The van der Waals surface area contributed by atoms with Crippen molar-refractivity contribution in [1.29, 1.82) is 0 Å². The molecule has 0 aliphatic heterocycles. The first-order valence-electron chi connectivity index (χ1n) is 5.86. The van der Waals surface area contributed by atoms with Crippen LogP contribution in [0.5, 0.6) is 0 Å². The summed E-state index contributed by atoms with van der Waals surface area (Å²) in [5, 5.41) is 0. The standard InChI is InChI=1S/C15H13NO/c17-15(14-8-4-5-9-16-14)13-10-12(13)11-6-2-1-3-7-11/h1-9,12-13H,10H2/t12-,13+/m0/s1. The van der Waals surface area contributed by atoms with Crippen LogP contribution in [0.25, 0.3) is 0 Å². The van der Waals surface area contributed by atoms with Crippen LogP contribution >= 0.6 is 0 Å². The molecule has 3 rings (SSSR count). The SMILES string of the molecule is O=C(c1ccccn1)[C@@H]1C[C@H]1c1ccccc1. The topological polar surface area (TPSA) is 30.0 Å². The fourth-order valence-corrected chi connectivity index (χ4v) is 2.25. The van der Waals surface area contributed by atoms with E-state index in [1.54, 1.807) is 12.3 Å². The third-order valence-corrected chi connectivity index (χ3v) is 3.27. The Labute approximate surface area is 100 Å². The van der Waals surface area contributed by atoms with Gasteiger partial charge < -0.3 is 0 Å². The Bertz CT molecular complexity index is 521. The maximum absolute atomic E-state index is 12.1. The highest BCUT2D eigenvalue weighted by molar-refractivity contribution is 5.98. The smallest absolute Gasteiger partial charge is 0.184 e. The van der Waals surface area contributed by atoms with E-state index < -0.39 is 0 Å². The van der Waals surface area contributed by atoms with Gasteiger partial charge >= 0.3 is 0 Å². The van der Waals surface area contributed by atoms with Crippen LogP contribution in [0.2, 0.25) is 0 Å². The van der Waals surface area contributed by atoms with Crippen LogP contribution in [0.15, 0.2) is 54.7 Å². The Morgan fingerprint density at radius 3 is 2.53 bits per heavy atom.